The molecule has 0 aliphatic carbocycles. The van der Waals surface area contributed by atoms with Crippen LogP contribution in [0.4, 0.5) is 5.69 Å². The van der Waals surface area contributed by atoms with Crippen LogP contribution in [0.2, 0.25) is 0 Å². The summed E-state index contributed by atoms with van der Waals surface area (Å²) >= 11 is 1.25. The highest BCUT2D eigenvalue weighted by atomic mass is 32.1. The van der Waals surface area contributed by atoms with Gasteiger partial charge < -0.3 is 10.0 Å². The Kier molecular flexibility index (Phi) is 5.33. The first-order valence-corrected chi connectivity index (χ1v) is 8.07. The zero-order chi connectivity index (χ0) is 16.1. The molecule has 0 fully saturated rings. The van der Waals surface area contributed by atoms with Gasteiger partial charge in [-0.15, -0.1) is 11.3 Å². The second kappa shape index (κ2) is 7.22. The van der Waals surface area contributed by atoms with Crippen molar-refractivity contribution in [2.24, 2.45) is 0 Å². The van der Waals surface area contributed by atoms with Gasteiger partial charge in [-0.25, -0.2) is 4.79 Å². The van der Waals surface area contributed by atoms with Gasteiger partial charge in [0, 0.05) is 17.8 Å². The number of aromatic carboxylic acids is 1. The number of hydrogen-bond acceptors (Lipinski definition) is 4. The summed E-state index contributed by atoms with van der Waals surface area (Å²) in [7, 11) is 0. The fourth-order valence-electron chi connectivity index (χ4n) is 2.21. The molecule has 0 aliphatic heterocycles. The molecule has 0 atom stereocenters. The maximum absolute atomic E-state index is 11.7. The fourth-order valence-corrected chi connectivity index (χ4v) is 3.23. The van der Waals surface area contributed by atoms with Gasteiger partial charge in [0.15, 0.2) is 5.78 Å². The Labute approximate surface area is 134 Å². The molecule has 1 N–H and O–H groups in total. The largest absolute Gasteiger partial charge is 0.477 e. The summed E-state index contributed by atoms with van der Waals surface area (Å²) < 4.78 is 0. The summed E-state index contributed by atoms with van der Waals surface area (Å²) in [4.78, 5) is 26.3. The van der Waals surface area contributed by atoms with Crippen LogP contribution >= 0.6 is 11.3 Å². The van der Waals surface area contributed by atoms with E-state index in [1.54, 1.807) is 0 Å². The highest BCUT2D eigenvalue weighted by Crippen LogP contribution is 2.36. The topological polar surface area (TPSA) is 57.6 Å². The van der Waals surface area contributed by atoms with Crippen LogP contribution in [-0.4, -0.2) is 29.9 Å². The molecule has 4 nitrogen and oxygen atoms in total. The molecule has 0 radical (unpaired) electrons. The Morgan fingerprint density at radius 1 is 1.18 bits per heavy atom. The van der Waals surface area contributed by atoms with Crippen molar-refractivity contribution in [2.75, 3.05) is 18.0 Å². The number of benzene rings is 1. The van der Waals surface area contributed by atoms with E-state index in [0.717, 1.165) is 10.4 Å². The average Bonchev–Trinajstić information content (AvgIpc) is 2.98. The molecule has 1 aromatic carbocycles. The zero-order valence-corrected chi connectivity index (χ0v) is 13.5. The fraction of sp³-hybridized carbons (Fsp3) is 0.294. The van der Waals surface area contributed by atoms with E-state index in [2.05, 4.69) is 0 Å². The molecule has 1 aromatic heterocycles. The highest BCUT2D eigenvalue weighted by Gasteiger charge is 2.21. The van der Waals surface area contributed by atoms with Gasteiger partial charge in [0.05, 0.1) is 12.2 Å². The van der Waals surface area contributed by atoms with Gasteiger partial charge >= 0.3 is 5.97 Å². The van der Waals surface area contributed by atoms with E-state index >= 15 is 0 Å². The summed E-state index contributed by atoms with van der Waals surface area (Å²) in [5.41, 5.74) is 1.61. The van der Waals surface area contributed by atoms with E-state index in [0.29, 0.717) is 18.7 Å². The number of carboxylic acid groups (broad SMARTS) is 1. The van der Waals surface area contributed by atoms with Crippen molar-refractivity contribution < 1.29 is 14.7 Å². The van der Waals surface area contributed by atoms with Crippen molar-refractivity contribution in [1.29, 1.82) is 0 Å². The van der Waals surface area contributed by atoms with Crippen LogP contribution in [0.1, 0.15) is 29.9 Å². The van der Waals surface area contributed by atoms with Gasteiger partial charge in [0.1, 0.15) is 4.88 Å². The first-order chi connectivity index (χ1) is 10.6. The molecule has 0 saturated heterocycles. The number of rotatable bonds is 7. The minimum Gasteiger partial charge on any atom is -0.477 e. The minimum atomic E-state index is -0.954. The summed E-state index contributed by atoms with van der Waals surface area (Å²) in [5.74, 6) is -0.852. The minimum absolute atomic E-state index is 0.102. The Balaban J connectivity index is 2.43. The van der Waals surface area contributed by atoms with Crippen LogP contribution in [0.3, 0.4) is 0 Å². The summed E-state index contributed by atoms with van der Waals surface area (Å²) in [5, 5.41) is 9.46. The molecule has 0 saturated carbocycles. The molecule has 0 amide bonds. The summed E-state index contributed by atoms with van der Waals surface area (Å²) in [6.07, 6.45) is 0.453. The monoisotopic (exact) mass is 317 g/mol. The number of carbonyl (C=O) groups excluding carboxylic acids is 1. The number of likely N-dealkylation sites (N-methyl/N-ethyl adjacent to an activating group) is 1. The molecule has 2 rings (SSSR count). The van der Waals surface area contributed by atoms with Crippen molar-refractivity contribution >= 4 is 28.8 Å². The first kappa shape index (κ1) is 16.2. The van der Waals surface area contributed by atoms with Gasteiger partial charge in [-0.3, -0.25) is 4.79 Å². The summed E-state index contributed by atoms with van der Waals surface area (Å²) in [6, 6.07) is 11.6. The highest BCUT2D eigenvalue weighted by molar-refractivity contribution is 7.18. The second-order valence-electron chi connectivity index (χ2n) is 4.90. The van der Waals surface area contributed by atoms with Crippen molar-refractivity contribution in [1.82, 2.24) is 0 Å². The van der Waals surface area contributed by atoms with Crippen LogP contribution in [-0.2, 0) is 4.79 Å². The number of thiophene rings is 1. The second-order valence-corrected chi connectivity index (χ2v) is 5.95. The lowest BCUT2D eigenvalue weighted by Crippen LogP contribution is -2.29. The van der Waals surface area contributed by atoms with Gasteiger partial charge in [-0.05, 0) is 18.6 Å². The van der Waals surface area contributed by atoms with E-state index in [1.165, 1.54) is 11.3 Å². The van der Waals surface area contributed by atoms with Crippen molar-refractivity contribution in [3.63, 3.8) is 0 Å². The number of carbonyl (C=O) groups is 2. The van der Waals surface area contributed by atoms with Crippen LogP contribution in [0.5, 0.6) is 0 Å². The quantitative estimate of drug-likeness (QED) is 0.841. The van der Waals surface area contributed by atoms with E-state index < -0.39 is 5.97 Å². The standard InChI is InChI=1S/C17H19NO3S/c1-3-13(19)11-18(4-2)14-10-15(22-16(14)17(20)21)12-8-6-5-7-9-12/h5-10H,3-4,11H2,1-2H3,(H,20,21). The van der Waals surface area contributed by atoms with Crippen LogP contribution in [0.25, 0.3) is 10.4 Å². The Morgan fingerprint density at radius 2 is 1.86 bits per heavy atom. The third-order valence-corrected chi connectivity index (χ3v) is 4.61. The lowest BCUT2D eigenvalue weighted by atomic mass is 10.1. The zero-order valence-electron chi connectivity index (χ0n) is 12.7. The van der Waals surface area contributed by atoms with Crippen LogP contribution in [0, 0.1) is 0 Å². The molecule has 1 heterocycles. The lowest BCUT2D eigenvalue weighted by molar-refractivity contribution is -0.117. The number of Topliss-reactive ketones (excluding diaryl/α,β-unsaturated/α-hetero) is 1. The van der Waals surface area contributed by atoms with E-state index in [9.17, 15) is 14.7 Å². The predicted octanol–water partition coefficient (Wildman–Crippen LogP) is 3.92. The van der Waals surface area contributed by atoms with E-state index in [-0.39, 0.29) is 17.2 Å². The Hall–Kier alpha value is -2.14. The third kappa shape index (κ3) is 3.54. The molecule has 0 bridgehead atoms. The third-order valence-electron chi connectivity index (χ3n) is 3.45. The van der Waals surface area contributed by atoms with Crippen molar-refractivity contribution in [3.8, 4) is 10.4 Å². The number of nitrogens with zero attached hydrogens (tertiary/aromatic N) is 1. The predicted molar refractivity (Wildman–Crippen MR) is 89.9 cm³/mol. The maximum Gasteiger partial charge on any atom is 0.348 e. The van der Waals surface area contributed by atoms with Crippen molar-refractivity contribution in [2.45, 2.75) is 20.3 Å². The van der Waals surface area contributed by atoms with Gasteiger partial charge in [-0.1, -0.05) is 37.3 Å². The molecule has 2 aromatic rings. The van der Waals surface area contributed by atoms with E-state index in [1.807, 2.05) is 55.1 Å². The molecular weight excluding hydrogens is 298 g/mol. The Morgan fingerprint density at radius 3 is 2.41 bits per heavy atom. The van der Waals surface area contributed by atoms with Gasteiger partial charge in [-0.2, -0.15) is 0 Å². The summed E-state index contributed by atoms with van der Waals surface area (Å²) in [6.45, 7) is 4.58. The molecular formula is C17H19NO3S. The first-order valence-electron chi connectivity index (χ1n) is 7.26. The maximum atomic E-state index is 11.7. The molecule has 0 unspecified atom stereocenters. The Bertz CT molecular complexity index is 664. The molecule has 116 valence electrons. The SMILES string of the molecule is CCC(=O)CN(CC)c1cc(-c2ccccc2)sc1C(=O)O. The molecule has 0 spiro atoms. The average molecular weight is 317 g/mol. The van der Waals surface area contributed by atoms with E-state index in [4.69, 9.17) is 0 Å². The normalized spacial score (nSPS) is 10.5. The lowest BCUT2D eigenvalue weighted by Gasteiger charge is -2.21. The number of carboxylic acids is 1. The van der Waals surface area contributed by atoms with Gasteiger partial charge in [0.2, 0.25) is 0 Å². The smallest absolute Gasteiger partial charge is 0.348 e. The number of ketones is 1. The van der Waals surface area contributed by atoms with Crippen LogP contribution in [0.15, 0.2) is 36.4 Å². The van der Waals surface area contributed by atoms with Crippen LogP contribution < -0.4 is 4.90 Å². The molecule has 22 heavy (non-hydrogen) atoms. The number of hydrogen-bond donors (Lipinski definition) is 1. The molecule has 5 heteroatoms. The van der Waals surface area contributed by atoms with Crippen molar-refractivity contribution in [3.05, 3.63) is 41.3 Å². The number of anilines is 1. The molecule has 0 aliphatic rings. The van der Waals surface area contributed by atoms with Gasteiger partial charge in [0.25, 0.3) is 0 Å².